The Bertz CT molecular complexity index is 568. The van der Waals surface area contributed by atoms with Crippen LogP contribution in [0.4, 0.5) is 0 Å². The Morgan fingerprint density at radius 2 is 2.00 bits per heavy atom. The molecule has 2 rings (SSSR count). The van der Waals surface area contributed by atoms with Gasteiger partial charge in [0.2, 0.25) is 5.16 Å². The highest BCUT2D eigenvalue weighted by Gasteiger charge is 2.09. The number of carbonyl (C=O) groups is 1. The van der Waals surface area contributed by atoms with Crippen molar-refractivity contribution >= 4 is 49.6 Å². The number of aromatic amines is 1. The molecule has 0 unspecified atom stereocenters. The average Bonchev–Trinajstić information content (AvgIpc) is 2.73. The predicted octanol–water partition coefficient (Wildman–Crippen LogP) is 3.17. The molecule has 1 aromatic carbocycles. The maximum atomic E-state index is 10.4. The van der Waals surface area contributed by atoms with Gasteiger partial charge in [-0.1, -0.05) is 43.6 Å². The van der Waals surface area contributed by atoms with Crippen molar-refractivity contribution in [2.24, 2.45) is 0 Å². The molecule has 0 spiro atoms. The van der Waals surface area contributed by atoms with E-state index in [1.807, 2.05) is 18.2 Å². The van der Waals surface area contributed by atoms with Crippen LogP contribution >= 0.6 is 43.6 Å². The van der Waals surface area contributed by atoms with Gasteiger partial charge in [-0.25, -0.2) is 4.98 Å². The van der Waals surface area contributed by atoms with Crippen molar-refractivity contribution in [1.82, 2.24) is 15.2 Å². The van der Waals surface area contributed by atoms with E-state index in [9.17, 15) is 4.79 Å². The third-order valence-corrected chi connectivity index (χ3v) is 3.67. The molecular formula is C10H7Br2N3O2S. The molecule has 1 heterocycles. The van der Waals surface area contributed by atoms with E-state index < -0.39 is 5.97 Å². The number of hydrogen-bond donors (Lipinski definition) is 2. The Morgan fingerprint density at radius 1 is 1.33 bits per heavy atom. The van der Waals surface area contributed by atoms with Crippen LogP contribution in [-0.2, 0) is 4.79 Å². The Morgan fingerprint density at radius 3 is 2.61 bits per heavy atom. The van der Waals surface area contributed by atoms with E-state index in [4.69, 9.17) is 5.11 Å². The number of thioether (sulfide) groups is 1. The molecule has 0 amide bonds. The van der Waals surface area contributed by atoms with Gasteiger partial charge in [0.15, 0.2) is 5.82 Å². The molecule has 2 aromatic rings. The van der Waals surface area contributed by atoms with Gasteiger partial charge in [0.25, 0.3) is 0 Å². The van der Waals surface area contributed by atoms with E-state index in [0.717, 1.165) is 26.3 Å². The zero-order valence-electron chi connectivity index (χ0n) is 8.85. The van der Waals surface area contributed by atoms with Crippen molar-refractivity contribution in [3.8, 4) is 11.4 Å². The predicted molar refractivity (Wildman–Crippen MR) is 75.6 cm³/mol. The molecule has 0 aliphatic heterocycles. The molecule has 0 atom stereocenters. The number of aromatic nitrogens is 3. The Hall–Kier alpha value is -0.860. The van der Waals surface area contributed by atoms with Crippen molar-refractivity contribution < 1.29 is 9.90 Å². The van der Waals surface area contributed by atoms with Gasteiger partial charge in [-0.2, -0.15) is 0 Å². The summed E-state index contributed by atoms with van der Waals surface area (Å²) in [4.78, 5) is 14.7. The number of nitrogens with one attached hydrogen (secondary N) is 1. The van der Waals surface area contributed by atoms with Crippen LogP contribution in [0, 0.1) is 0 Å². The summed E-state index contributed by atoms with van der Waals surface area (Å²) in [5.41, 5.74) is 0.867. The molecule has 2 N–H and O–H groups in total. The van der Waals surface area contributed by atoms with Crippen LogP contribution in [0.25, 0.3) is 11.4 Å². The SMILES string of the molecule is O=C(O)CSc1n[nH]c(-c2cc(Br)cc(Br)c2)n1. The topological polar surface area (TPSA) is 78.9 Å². The molecule has 0 aliphatic rings. The standard InChI is InChI=1S/C10H7Br2N3O2S/c11-6-1-5(2-7(12)3-6)9-13-10(15-14-9)18-4-8(16)17/h1-3H,4H2,(H,16,17)(H,13,14,15). The molecule has 94 valence electrons. The first-order chi connectivity index (χ1) is 8.54. The van der Waals surface area contributed by atoms with E-state index in [-0.39, 0.29) is 5.75 Å². The monoisotopic (exact) mass is 391 g/mol. The maximum absolute atomic E-state index is 10.4. The van der Waals surface area contributed by atoms with Crippen LogP contribution in [0.2, 0.25) is 0 Å². The number of benzene rings is 1. The van der Waals surface area contributed by atoms with Crippen molar-refractivity contribution in [2.75, 3.05) is 5.75 Å². The first-order valence-electron chi connectivity index (χ1n) is 4.78. The zero-order valence-corrected chi connectivity index (χ0v) is 12.8. The molecule has 8 heteroatoms. The summed E-state index contributed by atoms with van der Waals surface area (Å²) in [6.07, 6.45) is 0. The first-order valence-corrected chi connectivity index (χ1v) is 7.35. The molecular weight excluding hydrogens is 386 g/mol. The quantitative estimate of drug-likeness (QED) is 0.781. The van der Waals surface area contributed by atoms with E-state index in [2.05, 4.69) is 47.0 Å². The number of carboxylic acids is 1. The number of nitrogens with zero attached hydrogens (tertiary/aromatic N) is 2. The van der Waals surface area contributed by atoms with Crippen molar-refractivity contribution in [3.05, 3.63) is 27.1 Å². The lowest BCUT2D eigenvalue weighted by molar-refractivity contribution is -0.133. The number of H-pyrrole nitrogens is 1. The maximum Gasteiger partial charge on any atom is 0.313 e. The summed E-state index contributed by atoms with van der Waals surface area (Å²) in [6.45, 7) is 0. The van der Waals surface area contributed by atoms with Gasteiger partial charge in [-0.05, 0) is 18.2 Å². The normalized spacial score (nSPS) is 10.6. The lowest BCUT2D eigenvalue weighted by Gasteiger charge is -1.98. The van der Waals surface area contributed by atoms with Gasteiger partial charge in [-0.15, -0.1) is 5.10 Å². The Kier molecular flexibility index (Phi) is 4.41. The van der Waals surface area contributed by atoms with Crippen LogP contribution in [0.5, 0.6) is 0 Å². The third kappa shape index (κ3) is 3.56. The third-order valence-electron chi connectivity index (χ3n) is 1.93. The number of carboxylic acid groups (broad SMARTS) is 1. The second-order valence-corrected chi connectivity index (χ2v) is 6.08. The minimum Gasteiger partial charge on any atom is -0.481 e. The van der Waals surface area contributed by atoms with Crippen LogP contribution in [0.15, 0.2) is 32.3 Å². The van der Waals surface area contributed by atoms with E-state index >= 15 is 0 Å². The molecule has 0 saturated carbocycles. The minimum absolute atomic E-state index is 0.0561. The van der Waals surface area contributed by atoms with Gasteiger partial charge in [0.05, 0.1) is 5.75 Å². The smallest absolute Gasteiger partial charge is 0.313 e. The Balaban J connectivity index is 2.21. The van der Waals surface area contributed by atoms with Gasteiger partial charge in [-0.3, -0.25) is 9.89 Å². The van der Waals surface area contributed by atoms with Crippen molar-refractivity contribution in [3.63, 3.8) is 0 Å². The van der Waals surface area contributed by atoms with E-state index in [0.29, 0.717) is 11.0 Å². The lowest BCUT2D eigenvalue weighted by atomic mass is 10.2. The first kappa shape index (κ1) is 13.6. The fourth-order valence-corrected chi connectivity index (χ4v) is 3.07. The molecule has 0 bridgehead atoms. The molecule has 0 fully saturated rings. The van der Waals surface area contributed by atoms with Crippen LogP contribution in [-0.4, -0.2) is 32.0 Å². The second-order valence-electron chi connectivity index (χ2n) is 3.31. The van der Waals surface area contributed by atoms with Crippen LogP contribution in [0.1, 0.15) is 0 Å². The highest BCUT2D eigenvalue weighted by atomic mass is 79.9. The van der Waals surface area contributed by atoms with E-state index in [1.165, 1.54) is 0 Å². The van der Waals surface area contributed by atoms with Gasteiger partial charge >= 0.3 is 5.97 Å². The number of rotatable bonds is 4. The molecule has 18 heavy (non-hydrogen) atoms. The number of aliphatic carboxylic acids is 1. The summed E-state index contributed by atoms with van der Waals surface area (Å²) in [6, 6.07) is 5.72. The van der Waals surface area contributed by atoms with Gasteiger partial charge in [0.1, 0.15) is 0 Å². The molecule has 1 aromatic heterocycles. The van der Waals surface area contributed by atoms with E-state index in [1.54, 1.807) is 0 Å². The molecule has 0 saturated heterocycles. The number of hydrogen-bond acceptors (Lipinski definition) is 4. The Labute approximate surface area is 124 Å². The highest BCUT2D eigenvalue weighted by molar-refractivity contribution is 9.11. The highest BCUT2D eigenvalue weighted by Crippen LogP contribution is 2.26. The summed E-state index contributed by atoms with van der Waals surface area (Å²) in [5.74, 6) is -0.346. The second kappa shape index (κ2) is 5.85. The minimum atomic E-state index is -0.892. The molecule has 5 nitrogen and oxygen atoms in total. The van der Waals surface area contributed by atoms with Crippen molar-refractivity contribution in [1.29, 1.82) is 0 Å². The summed E-state index contributed by atoms with van der Waals surface area (Å²) in [7, 11) is 0. The summed E-state index contributed by atoms with van der Waals surface area (Å²) in [5, 5.41) is 15.7. The largest absolute Gasteiger partial charge is 0.481 e. The molecule has 0 aliphatic carbocycles. The summed E-state index contributed by atoms with van der Waals surface area (Å²) < 4.78 is 1.84. The van der Waals surface area contributed by atoms with Crippen LogP contribution < -0.4 is 0 Å². The molecule has 0 radical (unpaired) electrons. The number of halogens is 2. The fraction of sp³-hybridized carbons (Fsp3) is 0.100. The van der Waals surface area contributed by atoms with Gasteiger partial charge in [0, 0.05) is 14.5 Å². The summed E-state index contributed by atoms with van der Waals surface area (Å²) >= 11 is 7.86. The lowest BCUT2D eigenvalue weighted by Crippen LogP contribution is -1.97. The van der Waals surface area contributed by atoms with Crippen molar-refractivity contribution in [2.45, 2.75) is 5.16 Å². The zero-order chi connectivity index (χ0) is 13.1. The van der Waals surface area contributed by atoms with Crippen LogP contribution in [0.3, 0.4) is 0 Å². The van der Waals surface area contributed by atoms with Gasteiger partial charge < -0.3 is 5.11 Å². The average molecular weight is 393 g/mol. The fourth-order valence-electron chi connectivity index (χ4n) is 1.26.